The first-order chi connectivity index (χ1) is 7.88. The molecule has 1 aromatic rings. The van der Waals surface area contributed by atoms with Gasteiger partial charge in [0.05, 0.1) is 5.60 Å². The van der Waals surface area contributed by atoms with E-state index in [1.807, 2.05) is 0 Å². The zero-order valence-corrected chi connectivity index (χ0v) is 10.7. The Morgan fingerprint density at radius 2 is 2.12 bits per heavy atom. The maximum atomic E-state index is 11.2. The molecule has 1 fully saturated rings. The Kier molecular flexibility index (Phi) is 2.96. The van der Waals surface area contributed by atoms with Crippen molar-refractivity contribution in [1.29, 1.82) is 0 Å². The maximum Gasteiger partial charge on any atom is 0.273 e. The van der Waals surface area contributed by atoms with Crippen LogP contribution in [0.4, 0.5) is 0 Å². The number of sulfonamides is 1. The van der Waals surface area contributed by atoms with Crippen molar-refractivity contribution < 1.29 is 13.2 Å². The van der Waals surface area contributed by atoms with Gasteiger partial charge < -0.3 is 9.30 Å². The van der Waals surface area contributed by atoms with E-state index in [9.17, 15) is 8.42 Å². The average Bonchev–Trinajstić information content (AvgIpc) is 2.53. The predicted octanol–water partition coefficient (Wildman–Crippen LogP) is -0.426. The molecule has 0 amide bonds. The summed E-state index contributed by atoms with van der Waals surface area (Å²) in [4.78, 5) is 0. The predicted molar refractivity (Wildman–Crippen MR) is 59.7 cm³/mol. The lowest BCUT2D eigenvalue weighted by Crippen LogP contribution is -2.42. The molecule has 96 valence electrons. The van der Waals surface area contributed by atoms with E-state index in [1.165, 1.54) is 4.57 Å². The Labute approximate surface area is 100 Å². The summed E-state index contributed by atoms with van der Waals surface area (Å²) in [7, 11) is -0.558. The van der Waals surface area contributed by atoms with Gasteiger partial charge in [0.1, 0.15) is 5.82 Å². The Balaban J connectivity index is 2.26. The molecule has 1 aromatic heterocycles. The lowest BCUT2D eigenvalue weighted by molar-refractivity contribution is -0.0726. The molecule has 0 radical (unpaired) electrons. The highest BCUT2D eigenvalue weighted by molar-refractivity contribution is 7.89. The molecule has 2 rings (SSSR count). The van der Waals surface area contributed by atoms with Gasteiger partial charge in [0.25, 0.3) is 15.2 Å². The lowest BCUT2D eigenvalue weighted by atomic mass is 9.77. The first-order valence-electron chi connectivity index (χ1n) is 5.34. The topological polar surface area (TPSA) is 100 Å². The van der Waals surface area contributed by atoms with Gasteiger partial charge in [-0.2, -0.15) is 0 Å². The Morgan fingerprint density at radius 3 is 2.47 bits per heavy atom. The monoisotopic (exact) mass is 260 g/mol. The van der Waals surface area contributed by atoms with Gasteiger partial charge in [-0.1, -0.05) is 0 Å². The first kappa shape index (κ1) is 12.5. The third-order valence-corrected chi connectivity index (χ3v) is 4.22. The molecular weight excluding hydrogens is 244 g/mol. The van der Waals surface area contributed by atoms with Crippen LogP contribution < -0.4 is 5.14 Å². The summed E-state index contributed by atoms with van der Waals surface area (Å²) in [6, 6.07) is 0. The molecule has 0 atom stereocenters. The summed E-state index contributed by atoms with van der Waals surface area (Å²) in [6.07, 6.45) is 3.60. The van der Waals surface area contributed by atoms with E-state index in [2.05, 4.69) is 10.2 Å². The van der Waals surface area contributed by atoms with Gasteiger partial charge in [-0.25, -0.2) is 13.6 Å². The largest absolute Gasteiger partial charge is 0.378 e. The number of nitrogens with two attached hydrogens (primary N) is 1. The van der Waals surface area contributed by atoms with Crippen LogP contribution in [0.25, 0.3) is 0 Å². The zero-order valence-electron chi connectivity index (χ0n) is 9.88. The molecule has 17 heavy (non-hydrogen) atoms. The normalized spacial score (nSPS) is 19.0. The van der Waals surface area contributed by atoms with E-state index >= 15 is 0 Å². The lowest BCUT2D eigenvalue weighted by Gasteiger charge is -2.40. The van der Waals surface area contributed by atoms with E-state index in [0.29, 0.717) is 12.2 Å². The van der Waals surface area contributed by atoms with Crippen molar-refractivity contribution in [3.8, 4) is 0 Å². The second-order valence-corrected chi connectivity index (χ2v) is 5.88. The number of primary sulfonamides is 1. The van der Waals surface area contributed by atoms with E-state index in [1.54, 1.807) is 14.2 Å². The minimum atomic E-state index is -3.82. The smallest absolute Gasteiger partial charge is 0.273 e. The molecule has 7 nitrogen and oxygen atoms in total. The Morgan fingerprint density at radius 1 is 1.47 bits per heavy atom. The van der Waals surface area contributed by atoms with Crippen LogP contribution in [-0.2, 0) is 28.2 Å². The summed E-state index contributed by atoms with van der Waals surface area (Å²) in [5.41, 5.74) is -0.212. The highest BCUT2D eigenvalue weighted by Gasteiger charge is 2.39. The van der Waals surface area contributed by atoms with Crippen molar-refractivity contribution in [2.75, 3.05) is 7.11 Å². The summed E-state index contributed by atoms with van der Waals surface area (Å²) in [5, 5.41) is 12.3. The number of hydrogen-bond acceptors (Lipinski definition) is 5. The van der Waals surface area contributed by atoms with Crippen LogP contribution in [0.2, 0.25) is 0 Å². The Bertz CT molecular complexity index is 513. The molecular formula is C9H16N4O3S. The van der Waals surface area contributed by atoms with Crippen LogP contribution in [0.5, 0.6) is 0 Å². The van der Waals surface area contributed by atoms with Crippen molar-refractivity contribution in [2.45, 2.75) is 36.4 Å². The fourth-order valence-electron chi connectivity index (χ4n) is 2.06. The van der Waals surface area contributed by atoms with Crippen molar-refractivity contribution in [3.05, 3.63) is 5.82 Å². The second-order valence-electron chi connectivity index (χ2n) is 4.42. The van der Waals surface area contributed by atoms with Crippen LogP contribution in [-0.4, -0.2) is 35.9 Å². The molecule has 0 aliphatic heterocycles. The number of methoxy groups -OCH3 is 1. The third-order valence-electron chi connectivity index (χ3n) is 3.36. The van der Waals surface area contributed by atoms with Crippen LogP contribution in [0.3, 0.4) is 0 Å². The fraction of sp³-hybridized carbons (Fsp3) is 0.778. The molecule has 1 aliphatic rings. The molecule has 1 heterocycles. The van der Waals surface area contributed by atoms with Gasteiger partial charge in [0.15, 0.2) is 0 Å². The number of nitrogens with zero attached hydrogens (tertiary/aromatic N) is 3. The van der Waals surface area contributed by atoms with Gasteiger partial charge >= 0.3 is 0 Å². The number of ether oxygens (including phenoxy) is 1. The zero-order chi connectivity index (χ0) is 12.7. The number of rotatable bonds is 4. The summed E-state index contributed by atoms with van der Waals surface area (Å²) >= 11 is 0. The standard InChI is InChI=1S/C9H16N4O3S/c1-13-7(6-9(16-2)4-3-5-9)11-12-8(13)17(10,14)15/h3-6H2,1-2H3,(H2,10,14,15). The average molecular weight is 260 g/mol. The van der Waals surface area contributed by atoms with Crippen LogP contribution >= 0.6 is 0 Å². The third kappa shape index (κ3) is 2.20. The van der Waals surface area contributed by atoms with E-state index in [4.69, 9.17) is 9.88 Å². The second kappa shape index (κ2) is 4.04. The molecule has 0 bridgehead atoms. The SMILES string of the molecule is COC1(Cc2nnc(S(N)(=O)=O)n2C)CCC1. The van der Waals surface area contributed by atoms with Crippen molar-refractivity contribution in [1.82, 2.24) is 14.8 Å². The minimum absolute atomic E-state index is 0.210. The first-order valence-corrected chi connectivity index (χ1v) is 6.89. The number of hydrogen-bond donors (Lipinski definition) is 1. The molecule has 8 heteroatoms. The molecule has 0 unspecified atom stereocenters. The highest BCUT2D eigenvalue weighted by Crippen LogP contribution is 2.37. The van der Waals surface area contributed by atoms with E-state index in [-0.39, 0.29) is 10.8 Å². The molecule has 0 aromatic carbocycles. The maximum absolute atomic E-state index is 11.2. The van der Waals surface area contributed by atoms with Gasteiger partial charge in [-0.3, -0.25) is 0 Å². The van der Waals surface area contributed by atoms with Crippen LogP contribution in [0.15, 0.2) is 5.16 Å². The van der Waals surface area contributed by atoms with Crippen molar-refractivity contribution in [2.24, 2.45) is 12.2 Å². The number of aromatic nitrogens is 3. The van der Waals surface area contributed by atoms with Gasteiger partial charge in [-0.05, 0) is 19.3 Å². The van der Waals surface area contributed by atoms with Gasteiger partial charge in [-0.15, -0.1) is 10.2 Å². The fourth-order valence-corrected chi connectivity index (χ4v) is 2.70. The molecule has 1 saturated carbocycles. The summed E-state index contributed by atoms with van der Waals surface area (Å²) < 4.78 is 29.3. The summed E-state index contributed by atoms with van der Waals surface area (Å²) in [5.74, 6) is 0.579. The Hall–Kier alpha value is -0.990. The minimum Gasteiger partial charge on any atom is -0.378 e. The molecule has 2 N–H and O–H groups in total. The highest BCUT2D eigenvalue weighted by atomic mass is 32.2. The van der Waals surface area contributed by atoms with Crippen molar-refractivity contribution in [3.63, 3.8) is 0 Å². The van der Waals surface area contributed by atoms with Gasteiger partial charge in [0, 0.05) is 20.6 Å². The molecule has 0 spiro atoms. The quantitative estimate of drug-likeness (QED) is 0.792. The van der Waals surface area contributed by atoms with Crippen LogP contribution in [0, 0.1) is 0 Å². The van der Waals surface area contributed by atoms with Gasteiger partial charge in [0.2, 0.25) is 0 Å². The van der Waals surface area contributed by atoms with E-state index < -0.39 is 10.0 Å². The summed E-state index contributed by atoms with van der Waals surface area (Å²) in [6.45, 7) is 0. The van der Waals surface area contributed by atoms with Crippen LogP contribution in [0.1, 0.15) is 25.1 Å². The van der Waals surface area contributed by atoms with E-state index in [0.717, 1.165) is 19.3 Å². The molecule has 0 saturated heterocycles. The molecule has 1 aliphatic carbocycles. The van der Waals surface area contributed by atoms with Crippen molar-refractivity contribution >= 4 is 10.0 Å².